The number of hydrogen-bond donors (Lipinski definition) is 0. The highest BCUT2D eigenvalue weighted by atomic mass is 79.9. The van der Waals surface area contributed by atoms with Crippen molar-refractivity contribution in [3.63, 3.8) is 0 Å². The minimum atomic E-state index is -0.521. The number of nitrogens with zero attached hydrogens (tertiary/aromatic N) is 3. The molecule has 4 rings (SSSR count). The smallest absolute Gasteiger partial charge is 0.331 e. The van der Waals surface area contributed by atoms with E-state index in [9.17, 15) is 9.59 Å². The molecule has 0 radical (unpaired) electrons. The lowest BCUT2D eigenvalue weighted by Crippen LogP contribution is -2.16. The van der Waals surface area contributed by atoms with Crippen LogP contribution in [0, 0.1) is 0 Å². The average molecular weight is 442 g/mol. The van der Waals surface area contributed by atoms with Gasteiger partial charge in [0.1, 0.15) is 17.3 Å². The summed E-state index contributed by atoms with van der Waals surface area (Å²) in [7, 11) is 0. The number of ether oxygens (including phenoxy) is 1. The lowest BCUT2D eigenvalue weighted by Gasteiger charge is -2.04. The van der Waals surface area contributed by atoms with E-state index < -0.39 is 5.97 Å². The van der Waals surface area contributed by atoms with Crippen molar-refractivity contribution < 1.29 is 9.53 Å². The van der Waals surface area contributed by atoms with Gasteiger partial charge in [0.25, 0.3) is 5.56 Å². The summed E-state index contributed by atoms with van der Waals surface area (Å²) in [5.74, 6) is -0.521. The van der Waals surface area contributed by atoms with Gasteiger partial charge in [0.15, 0.2) is 0 Å². The van der Waals surface area contributed by atoms with Gasteiger partial charge in [0.2, 0.25) is 0 Å². The second-order valence-corrected chi connectivity index (χ2v) is 7.60. The Balaban J connectivity index is 1.45. The van der Waals surface area contributed by atoms with Gasteiger partial charge in [-0.1, -0.05) is 12.1 Å². The standard InChI is InChI=1S/C19H12BrN3O3S/c20-12-5-6-16-21-13(9-18(24)23(16)10-12)11-26-19(25)8-7-17-22-14-3-1-2-4-15(14)27-17/h1-10H,11H2/b8-7+. The van der Waals surface area contributed by atoms with E-state index >= 15 is 0 Å². The van der Waals surface area contributed by atoms with E-state index in [1.807, 2.05) is 24.3 Å². The Hall–Kier alpha value is -2.84. The van der Waals surface area contributed by atoms with Gasteiger partial charge in [0.05, 0.1) is 15.9 Å². The number of pyridine rings is 1. The first-order valence-electron chi connectivity index (χ1n) is 7.97. The molecule has 0 aliphatic rings. The zero-order valence-electron chi connectivity index (χ0n) is 13.8. The van der Waals surface area contributed by atoms with Gasteiger partial charge < -0.3 is 4.74 Å². The number of hydrogen-bond acceptors (Lipinski definition) is 6. The van der Waals surface area contributed by atoms with Crippen LogP contribution in [0.2, 0.25) is 0 Å². The molecule has 0 N–H and O–H groups in total. The van der Waals surface area contributed by atoms with Crippen molar-refractivity contribution in [2.24, 2.45) is 0 Å². The molecule has 0 saturated carbocycles. The molecule has 3 aromatic heterocycles. The summed E-state index contributed by atoms with van der Waals surface area (Å²) < 4.78 is 8.43. The minimum Gasteiger partial charge on any atom is -0.456 e. The lowest BCUT2D eigenvalue weighted by molar-refractivity contribution is -0.139. The Morgan fingerprint density at radius 1 is 1.22 bits per heavy atom. The molecule has 3 heterocycles. The van der Waals surface area contributed by atoms with Gasteiger partial charge in [-0.25, -0.2) is 14.8 Å². The number of esters is 1. The summed E-state index contributed by atoms with van der Waals surface area (Å²) >= 11 is 4.81. The number of rotatable bonds is 4. The molecule has 134 valence electrons. The number of carbonyl (C=O) groups excluding carboxylic acids is 1. The maximum atomic E-state index is 12.1. The summed E-state index contributed by atoms with van der Waals surface area (Å²) in [6, 6.07) is 12.6. The van der Waals surface area contributed by atoms with E-state index in [2.05, 4.69) is 25.9 Å². The normalized spacial score (nSPS) is 11.4. The Labute approximate surface area is 165 Å². The van der Waals surface area contributed by atoms with Crippen LogP contribution in [0.5, 0.6) is 0 Å². The largest absolute Gasteiger partial charge is 0.456 e. The van der Waals surface area contributed by atoms with E-state index in [-0.39, 0.29) is 12.2 Å². The highest BCUT2D eigenvalue weighted by Crippen LogP contribution is 2.22. The number of fused-ring (bicyclic) bond motifs is 2. The van der Waals surface area contributed by atoms with Gasteiger partial charge >= 0.3 is 5.97 Å². The first kappa shape index (κ1) is 17.6. The van der Waals surface area contributed by atoms with Crippen molar-refractivity contribution in [3.05, 3.63) is 80.3 Å². The monoisotopic (exact) mass is 441 g/mol. The minimum absolute atomic E-state index is 0.0785. The van der Waals surface area contributed by atoms with E-state index in [0.29, 0.717) is 11.3 Å². The summed E-state index contributed by atoms with van der Waals surface area (Å²) in [4.78, 5) is 32.8. The molecule has 0 aliphatic heterocycles. The molecule has 0 saturated heterocycles. The summed E-state index contributed by atoms with van der Waals surface area (Å²) in [5, 5.41) is 0.723. The quantitative estimate of drug-likeness (QED) is 0.355. The van der Waals surface area contributed by atoms with Crippen molar-refractivity contribution in [1.29, 1.82) is 0 Å². The SMILES string of the molecule is O=C(/C=C/c1nc2ccccc2s1)OCc1cc(=O)n2cc(Br)ccc2n1. The van der Waals surface area contributed by atoms with Crippen molar-refractivity contribution in [1.82, 2.24) is 14.4 Å². The van der Waals surface area contributed by atoms with Gasteiger partial charge in [-0.15, -0.1) is 11.3 Å². The van der Waals surface area contributed by atoms with Crippen LogP contribution in [0.25, 0.3) is 21.9 Å². The fourth-order valence-electron chi connectivity index (χ4n) is 2.49. The van der Waals surface area contributed by atoms with Crippen molar-refractivity contribution in [3.8, 4) is 0 Å². The molecule has 6 nitrogen and oxygen atoms in total. The highest BCUT2D eigenvalue weighted by Gasteiger charge is 2.06. The Morgan fingerprint density at radius 2 is 2.07 bits per heavy atom. The van der Waals surface area contributed by atoms with Crippen LogP contribution in [0.1, 0.15) is 10.7 Å². The molecule has 0 spiro atoms. The van der Waals surface area contributed by atoms with Crippen LogP contribution in [-0.4, -0.2) is 20.3 Å². The molecular formula is C19H12BrN3O3S. The first-order valence-corrected chi connectivity index (χ1v) is 9.58. The fraction of sp³-hybridized carbons (Fsp3) is 0.0526. The highest BCUT2D eigenvalue weighted by molar-refractivity contribution is 9.10. The fourth-order valence-corrected chi connectivity index (χ4v) is 3.70. The zero-order chi connectivity index (χ0) is 18.8. The molecule has 0 atom stereocenters. The van der Waals surface area contributed by atoms with Crippen LogP contribution < -0.4 is 5.56 Å². The number of halogens is 1. The second-order valence-electron chi connectivity index (χ2n) is 5.62. The first-order chi connectivity index (χ1) is 13.1. The van der Waals surface area contributed by atoms with Crippen LogP contribution in [0.3, 0.4) is 0 Å². The Bertz CT molecular complexity index is 1210. The van der Waals surface area contributed by atoms with Crippen LogP contribution >= 0.6 is 27.3 Å². The third-order valence-corrected chi connectivity index (χ3v) is 5.18. The molecule has 4 aromatic rings. The van der Waals surface area contributed by atoms with Crippen molar-refractivity contribution in [2.45, 2.75) is 6.61 Å². The van der Waals surface area contributed by atoms with E-state index in [1.54, 1.807) is 24.4 Å². The molecule has 0 aliphatic carbocycles. The molecule has 0 bridgehead atoms. The predicted molar refractivity (Wildman–Crippen MR) is 108 cm³/mol. The Kier molecular flexibility index (Phi) is 4.83. The number of carbonyl (C=O) groups is 1. The maximum Gasteiger partial charge on any atom is 0.331 e. The summed E-state index contributed by atoms with van der Waals surface area (Å²) in [5.41, 5.74) is 1.53. The van der Waals surface area contributed by atoms with Gasteiger partial charge in [-0.3, -0.25) is 9.20 Å². The summed E-state index contributed by atoms with van der Waals surface area (Å²) in [6.07, 6.45) is 4.58. The third-order valence-electron chi connectivity index (χ3n) is 3.71. The van der Waals surface area contributed by atoms with E-state index in [1.165, 1.54) is 27.9 Å². The number of benzene rings is 1. The van der Waals surface area contributed by atoms with Crippen LogP contribution in [0.15, 0.2) is 64.0 Å². The molecule has 0 unspecified atom stereocenters. The van der Waals surface area contributed by atoms with Gasteiger partial charge in [-0.05, 0) is 46.3 Å². The van der Waals surface area contributed by atoms with Gasteiger partial charge in [0, 0.05) is 22.8 Å². The lowest BCUT2D eigenvalue weighted by atomic mass is 10.3. The zero-order valence-corrected chi connectivity index (χ0v) is 16.2. The molecule has 8 heteroatoms. The molecule has 0 amide bonds. The predicted octanol–water partition coefficient (Wildman–Crippen LogP) is 3.82. The Morgan fingerprint density at radius 3 is 2.93 bits per heavy atom. The molecule has 0 fully saturated rings. The van der Waals surface area contributed by atoms with Gasteiger partial charge in [-0.2, -0.15) is 0 Å². The number of para-hydroxylation sites is 1. The van der Waals surface area contributed by atoms with Crippen molar-refractivity contribution in [2.75, 3.05) is 0 Å². The second kappa shape index (κ2) is 7.42. The van der Waals surface area contributed by atoms with Crippen molar-refractivity contribution >= 4 is 55.2 Å². The summed E-state index contributed by atoms with van der Waals surface area (Å²) in [6.45, 7) is -0.0785. The van der Waals surface area contributed by atoms with Crippen LogP contribution in [-0.2, 0) is 16.1 Å². The number of aromatic nitrogens is 3. The number of thiazole rings is 1. The van der Waals surface area contributed by atoms with E-state index in [4.69, 9.17) is 4.74 Å². The van der Waals surface area contributed by atoms with Crippen LogP contribution in [0.4, 0.5) is 0 Å². The van der Waals surface area contributed by atoms with E-state index in [0.717, 1.165) is 19.7 Å². The molecular weight excluding hydrogens is 430 g/mol. The maximum absolute atomic E-state index is 12.1. The average Bonchev–Trinajstić information content (AvgIpc) is 3.08. The third kappa shape index (κ3) is 3.96. The molecule has 27 heavy (non-hydrogen) atoms. The topological polar surface area (TPSA) is 73.6 Å². The molecule has 1 aromatic carbocycles.